The van der Waals surface area contributed by atoms with E-state index in [1.165, 1.54) is 18.2 Å². The lowest BCUT2D eigenvalue weighted by molar-refractivity contribution is 0.0939. The Labute approximate surface area is 187 Å². The Hall–Kier alpha value is -3.03. The first-order valence-corrected chi connectivity index (χ1v) is 11.6. The molecular formula is C23H23ClN2O4S. The topological polar surface area (TPSA) is 84.5 Å². The van der Waals surface area contributed by atoms with E-state index in [0.717, 1.165) is 11.3 Å². The van der Waals surface area contributed by atoms with Crippen molar-refractivity contribution in [3.05, 3.63) is 88.9 Å². The molecule has 3 aromatic rings. The zero-order valence-electron chi connectivity index (χ0n) is 17.1. The molecule has 0 aliphatic carbocycles. The zero-order chi connectivity index (χ0) is 22.4. The second-order valence-corrected chi connectivity index (χ2v) is 8.87. The number of rotatable bonds is 8. The molecule has 0 saturated heterocycles. The number of para-hydroxylation sites is 1. The van der Waals surface area contributed by atoms with Gasteiger partial charge in [-0.2, -0.15) is 0 Å². The molecule has 0 unspecified atom stereocenters. The van der Waals surface area contributed by atoms with Gasteiger partial charge in [-0.25, -0.2) is 8.42 Å². The Balaban J connectivity index is 1.77. The highest BCUT2D eigenvalue weighted by atomic mass is 35.5. The molecule has 0 aliphatic heterocycles. The van der Waals surface area contributed by atoms with E-state index < -0.39 is 15.9 Å². The van der Waals surface area contributed by atoms with E-state index >= 15 is 0 Å². The summed E-state index contributed by atoms with van der Waals surface area (Å²) in [6, 6.07) is 19.7. The van der Waals surface area contributed by atoms with Gasteiger partial charge >= 0.3 is 0 Å². The quantitative estimate of drug-likeness (QED) is 0.495. The summed E-state index contributed by atoms with van der Waals surface area (Å²) < 4.78 is 33.5. The SMILES string of the molecule is CCOc1ccc([C@H](C)NC(=O)c2ccc(Cl)c(S(=O)(=O)Nc3ccccc3)c2)cc1. The minimum Gasteiger partial charge on any atom is -0.494 e. The standard InChI is InChI=1S/C23H23ClN2O4S/c1-3-30-20-12-9-17(10-13-20)16(2)25-23(27)18-11-14-21(24)22(15-18)31(28,29)26-19-7-5-4-6-8-19/h4-16,26H,3H2,1-2H3,(H,25,27)/t16-/m0/s1. The van der Waals surface area contributed by atoms with Crippen LogP contribution in [0.4, 0.5) is 5.69 Å². The van der Waals surface area contributed by atoms with Gasteiger partial charge in [-0.1, -0.05) is 41.9 Å². The smallest absolute Gasteiger partial charge is 0.263 e. The number of benzene rings is 3. The van der Waals surface area contributed by atoms with Gasteiger partial charge in [-0.15, -0.1) is 0 Å². The van der Waals surface area contributed by atoms with Gasteiger partial charge in [-0.05, 0) is 61.9 Å². The summed E-state index contributed by atoms with van der Waals surface area (Å²) in [5, 5.41) is 2.90. The van der Waals surface area contributed by atoms with E-state index in [2.05, 4.69) is 10.0 Å². The monoisotopic (exact) mass is 458 g/mol. The predicted octanol–water partition coefficient (Wildman–Crippen LogP) is 5.03. The van der Waals surface area contributed by atoms with Crippen LogP contribution in [0.1, 0.15) is 35.8 Å². The lowest BCUT2D eigenvalue weighted by atomic mass is 10.1. The van der Waals surface area contributed by atoms with E-state index in [9.17, 15) is 13.2 Å². The molecule has 2 N–H and O–H groups in total. The average molecular weight is 459 g/mol. The molecule has 0 saturated carbocycles. The number of sulfonamides is 1. The van der Waals surface area contributed by atoms with Crippen molar-refractivity contribution in [2.75, 3.05) is 11.3 Å². The molecule has 3 aromatic carbocycles. The number of carbonyl (C=O) groups is 1. The van der Waals surface area contributed by atoms with Gasteiger partial charge in [0.2, 0.25) is 0 Å². The molecule has 31 heavy (non-hydrogen) atoms. The van der Waals surface area contributed by atoms with E-state index in [0.29, 0.717) is 12.3 Å². The fraction of sp³-hybridized carbons (Fsp3) is 0.174. The fourth-order valence-electron chi connectivity index (χ4n) is 2.95. The predicted molar refractivity (Wildman–Crippen MR) is 122 cm³/mol. The fourth-order valence-corrected chi connectivity index (χ4v) is 4.54. The molecule has 6 nitrogen and oxygen atoms in total. The molecule has 3 rings (SSSR count). The molecule has 1 amide bonds. The Kier molecular flexibility index (Phi) is 7.20. The molecule has 0 radical (unpaired) electrons. The van der Waals surface area contributed by atoms with E-state index in [4.69, 9.17) is 16.3 Å². The van der Waals surface area contributed by atoms with Crippen molar-refractivity contribution in [3.63, 3.8) is 0 Å². The van der Waals surface area contributed by atoms with E-state index in [1.807, 2.05) is 38.1 Å². The normalized spacial score (nSPS) is 12.1. The van der Waals surface area contributed by atoms with Crippen LogP contribution in [0.5, 0.6) is 5.75 Å². The number of amides is 1. The average Bonchev–Trinajstić information content (AvgIpc) is 2.75. The van der Waals surface area contributed by atoms with Crippen LogP contribution >= 0.6 is 11.6 Å². The number of nitrogens with one attached hydrogen (secondary N) is 2. The number of anilines is 1. The molecule has 0 bridgehead atoms. The summed E-state index contributed by atoms with van der Waals surface area (Å²) in [7, 11) is -3.97. The zero-order valence-corrected chi connectivity index (χ0v) is 18.7. The number of hydrogen-bond donors (Lipinski definition) is 2. The van der Waals surface area contributed by atoms with Crippen LogP contribution in [-0.4, -0.2) is 20.9 Å². The minimum absolute atomic E-state index is 0.0274. The Morgan fingerprint density at radius 1 is 1.03 bits per heavy atom. The molecule has 0 fully saturated rings. The van der Waals surface area contributed by atoms with Crippen LogP contribution < -0.4 is 14.8 Å². The van der Waals surface area contributed by atoms with Gasteiger partial charge in [0.1, 0.15) is 10.6 Å². The summed E-state index contributed by atoms with van der Waals surface area (Å²) in [5.74, 6) is 0.345. The maximum atomic E-state index is 12.8. The van der Waals surface area contributed by atoms with Gasteiger partial charge < -0.3 is 10.1 Å². The van der Waals surface area contributed by atoms with Crippen molar-refractivity contribution < 1.29 is 17.9 Å². The summed E-state index contributed by atoms with van der Waals surface area (Å²) >= 11 is 6.13. The second-order valence-electron chi connectivity index (χ2n) is 6.81. The first-order chi connectivity index (χ1) is 14.8. The van der Waals surface area contributed by atoms with Gasteiger partial charge in [0.25, 0.3) is 15.9 Å². The Bertz CT molecular complexity index is 1150. The number of ether oxygens (including phenoxy) is 1. The molecule has 0 heterocycles. The summed E-state index contributed by atoms with van der Waals surface area (Å²) in [4.78, 5) is 12.6. The van der Waals surface area contributed by atoms with Gasteiger partial charge in [0, 0.05) is 11.3 Å². The summed E-state index contributed by atoms with van der Waals surface area (Å²) in [6.45, 7) is 4.33. The first-order valence-electron chi connectivity index (χ1n) is 9.71. The number of hydrogen-bond acceptors (Lipinski definition) is 4. The third kappa shape index (κ3) is 5.77. The van der Waals surface area contributed by atoms with Crippen LogP contribution in [0, 0.1) is 0 Å². The van der Waals surface area contributed by atoms with Gasteiger partial charge in [0.15, 0.2) is 0 Å². The van der Waals surface area contributed by atoms with Crippen molar-refractivity contribution >= 4 is 33.2 Å². The number of carbonyl (C=O) groups excluding carboxylic acids is 1. The molecule has 162 valence electrons. The lowest BCUT2D eigenvalue weighted by Crippen LogP contribution is -2.27. The first kappa shape index (κ1) is 22.7. The molecular weight excluding hydrogens is 436 g/mol. The van der Waals surface area contributed by atoms with Crippen LogP contribution in [-0.2, 0) is 10.0 Å². The minimum atomic E-state index is -3.97. The van der Waals surface area contributed by atoms with Crippen LogP contribution in [0.15, 0.2) is 77.7 Å². The maximum absolute atomic E-state index is 12.8. The van der Waals surface area contributed by atoms with Crippen molar-refractivity contribution in [1.82, 2.24) is 5.32 Å². The molecule has 1 atom stereocenters. The van der Waals surface area contributed by atoms with E-state index in [-0.39, 0.29) is 21.5 Å². The van der Waals surface area contributed by atoms with E-state index in [1.54, 1.807) is 30.3 Å². The molecule has 0 spiro atoms. The molecule has 0 aromatic heterocycles. The van der Waals surface area contributed by atoms with Crippen LogP contribution in [0.3, 0.4) is 0 Å². The van der Waals surface area contributed by atoms with Crippen molar-refractivity contribution in [2.45, 2.75) is 24.8 Å². The highest BCUT2D eigenvalue weighted by molar-refractivity contribution is 7.92. The number of halogens is 1. The highest BCUT2D eigenvalue weighted by Gasteiger charge is 2.21. The highest BCUT2D eigenvalue weighted by Crippen LogP contribution is 2.26. The van der Waals surface area contributed by atoms with Crippen LogP contribution in [0.25, 0.3) is 0 Å². The summed E-state index contributed by atoms with van der Waals surface area (Å²) in [6.07, 6.45) is 0. The van der Waals surface area contributed by atoms with Crippen molar-refractivity contribution in [2.24, 2.45) is 0 Å². The lowest BCUT2D eigenvalue weighted by Gasteiger charge is -2.16. The van der Waals surface area contributed by atoms with Crippen LogP contribution in [0.2, 0.25) is 5.02 Å². The Morgan fingerprint density at radius 2 is 1.71 bits per heavy atom. The van der Waals surface area contributed by atoms with Gasteiger partial charge in [-0.3, -0.25) is 9.52 Å². The summed E-state index contributed by atoms with van der Waals surface area (Å²) in [5.41, 5.74) is 1.48. The van der Waals surface area contributed by atoms with Gasteiger partial charge in [0.05, 0.1) is 17.7 Å². The largest absolute Gasteiger partial charge is 0.494 e. The van der Waals surface area contributed by atoms with Crippen molar-refractivity contribution in [1.29, 1.82) is 0 Å². The molecule has 0 aliphatic rings. The Morgan fingerprint density at radius 3 is 2.35 bits per heavy atom. The maximum Gasteiger partial charge on any atom is 0.263 e. The molecule has 8 heteroatoms. The third-order valence-electron chi connectivity index (χ3n) is 4.55. The second kappa shape index (κ2) is 9.85. The third-order valence-corrected chi connectivity index (χ3v) is 6.41. The van der Waals surface area contributed by atoms with Crippen molar-refractivity contribution in [3.8, 4) is 5.75 Å².